The molecule has 20 heavy (non-hydrogen) atoms. The molecule has 0 amide bonds. The van der Waals surface area contributed by atoms with Crippen molar-refractivity contribution in [3.8, 4) is 22.3 Å². The first kappa shape index (κ1) is 14.1. The smallest absolute Gasteiger partial charge is 0.405 e. The van der Waals surface area contributed by atoms with Crippen molar-refractivity contribution in [3.05, 3.63) is 40.8 Å². The molecule has 0 atom stereocenters. The molecule has 0 saturated heterocycles. The van der Waals surface area contributed by atoms with Gasteiger partial charge in [0.15, 0.2) is 6.29 Å². The summed E-state index contributed by atoms with van der Waals surface area (Å²) in [6, 6.07) is 9.00. The van der Waals surface area contributed by atoms with Crippen LogP contribution < -0.4 is 4.74 Å². The number of benzene rings is 1. The fourth-order valence-corrected chi connectivity index (χ4v) is 2.36. The Kier molecular flexibility index (Phi) is 3.77. The van der Waals surface area contributed by atoms with Gasteiger partial charge >= 0.3 is 6.36 Å². The molecule has 0 spiro atoms. The second-order valence-electron chi connectivity index (χ2n) is 3.69. The van der Waals surface area contributed by atoms with Crippen molar-refractivity contribution >= 4 is 17.6 Å². The van der Waals surface area contributed by atoms with Crippen LogP contribution in [0.1, 0.15) is 15.2 Å². The molecule has 0 bridgehead atoms. The number of nitriles is 1. The molecule has 1 aromatic heterocycles. The molecule has 2 aromatic rings. The summed E-state index contributed by atoms with van der Waals surface area (Å²) >= 11 is 1.18. The Morgan fingerprint density at radius 2 is 2.00 bits per heavy atom. The van der Waals surface area contributed by atoms with E-state index in [0.29, 0.717) is 21.6 Å². The SMILES string of the molecule is N#Cc1ccc(-c2ccc(OC(F)(F)F)c(C=O)c2)s1. The van der Waals surface area contributed by atoms with Crippen molar-refractivity contribution in [2.75, 3.05) is 0 Å². The molecule has 0 unspecified atom stereocenters. The Morgan fingerprint density at radius 1 is 1.25 bits per heavy atom. The molecule has 1 aromatic carbocycles. The lowest BCUT2D eigenvalue weighted by Gasteiger charge is -2.11. The average Bonchev–Trinajstić information content (AvgIpc) is 2.86. The predicted octanol–water partition coefficient (Wildman–Crippen LogP) is 4.00. The quantitative estimate of drug-likeness (QED) is 0.805. The van der Waals surface area contributed by atoms with Gasteiger partial charge in [0, 0.05) is 4.88 Å². The minimum atomic E-state index is -4.85. The summed E-state index contributed by atoms with van der Waals surface area (Å²) in [5, 5.41) is 8.73. The lowest BCUT2D eigenvalue weighted by molar-refractivity contribution is -0.274. The lowest BCUT2D eigenvalue weighted by atomic mass is 10.1. The van der Waals surface area contributed by atoms with Crippen LogP contribution >= 0.6 is 11.3 Å². The van der Waals surface area contributed by atoms with Gasteiger partial charge in [-0.15, -0.1) is 24.5 Å². The van der Waals surface area contributed by atoms with E-state index in [1.807, 2.05) is 6.07 Å². The van der Waals surface area contributed by atoms with Crippen molar-refractivity contribution in [2.24, 2.45) is 0 Å². The summed E-state index contributed by atoms with van der Waals surface area (Å²) < 4.78 is 40.2. The Labute approximate surface area is 115 Å². The summed E-state index contributed by atoms with van der Waals surface area (Å²) in [6.07, 6.45) is -4.56. The highest BCUT2D eigenvalue weighted by molar-refractivity contribution is 7.16. The number of rotatable bonds is 3. The van der Waals surface area contributed by atoms with E-state index < -0.39 is 12.1 Å². The number of aldehydes is 1. The lowest BCUT2D eigenvalue weighted by Crippen LogP contribution is -2.18. The fourth-order valence-electron chi connectivity index (χ4n) is 1.56. The number of alkyl halides is 3. The van der Waals surface area contributed by atoms with Gasteiger partial charge in [-0.3, -0.25) is 4.79 Å². The van der Waals surface area contributed by atoms with E-state index in [1.54, 1.807) is 12.1 Å². The fraction of sp³-hybridized carbons (Fsp3) is 0.0769. The van der Waals surface area contributed by atoms with Gasteiger partial charge in [0.1, 0.15) is 16.7 Å². The van der Waals surface area contributed by atoms with E-state index in [1.165, 1.54) is 23.5 Å². The van der Waals surface area contributed by atoms with Gasteiger partial charge in [-0.25, -0.2) is 0 Å². The molecular formula is C13H6F3NO2S. The van der Waals surface area contributed by atoms with Gasteiger partial charge in [0.2, 0.25) is 0 Å². The van der Waals surface area contributed by atoms with Gasteiger partial charge in [-0.2, -0.15) is 5.26 Å². The second kappa shape index (κ2) is 5.35. The Hall–Kier alpha value is -2.33. The van der Waals surface area contributed by atoms with E-state index in [9.17, 15) is 18.0 Å². The van der Waals surface area contributed by atoms with Crippen LogP contribution in [-0.4, -0.2) is 12.6 Å². The maximum Gasteiger partial charge on any atom is 0.573 e. The normalized spacial score (nSPS) is 10.9. The molecule has 0 aliphatic carbocycles. The third-order valence-electron chi connectivity index (χ3n) is 2.36. The van der Waals surface area contributed by atoms with Crippen LogP contribution in [0.3, 0.4) is 0 Å². The third kappa shape index (κ3) is 3.16. The molecule has 1 heterocycles. The van der Waals surface area contributed by atoms with Crippen LogP contribution in [-0.2, 0) is 0 Å². The van der Waals surface area contributed by atoms with Crippen LogP contribution in [0.4, 0.5) is 13.2 Å². The number of nitrogens with zero attached hydrogens (tertiary/aromatic N) is 1. The minimum absolute atomic E-state index is 0.202. The Morgan fingerprint density at radius 3 is 2.55 bits per heavy atom. The first-order chi connectivity index (χ1) is 9.43. The number of thiophene rings is 1. The van der Waals surface area contributed by atoms with Gasteiger partial charge in [0.05, 0.1) is 5.56 Å². The van der Waals surface area contributed by atoms with Gasteiger partial charge < -0.3 is 4.74 Å². The molecule has 7 heteroatoms. The average molecular weight is 297 g/mol. The van der Waals surface area contributed by atoms with Crippen molar-refractivity contribution in [1.82, 2.24) is 0 Å². The predicted molar refractivity (Wildman–Crippen MR) is 66.5 cm³/mol. The molecule has 0 N–H and O–H groups in total. The van der Waals surface area contributed by atoms with Crippen molar-refractivity contribution in [1.29, 1.82) is 5.26 Å². The standard InChI is InChI=1S/C13H6F3NO2S/c14-13(15,16)19-11-3-1-8(5-9(11)7-18)12-4-2-10(6-17)20-12/h1-5,7H. The largest absolute Gasteiger partial charge is 0.573 e. The number of halogens is 3. The summed E-state index contributed by atoms with van der Waals surface area (Å²) in [5.74, 6) is -0.548. The van der Waals surface area contributed by atoms with Crippen LogP contribution in [0.2, 0.25) is 0 Å². The Bertz CT molecular complexity index is 686. The van der Waals surface area contributed by atoms with Crippen LogP contribution in [0.15, 0.2) is 30.3 Å². The van der Waals surface area contributed by atoms with E-state index in [2.05, 4.69) is 4.74 Å². The molecule has 0 aliphatic rings. The van der Waals surface area contributed by atoms with Gasteiger partial charge in [-0.1, -0.05) is 0 Å². The molecule has 0 radical (unpaired) electrons. The molecule has 2 rings (SSSR count). The molecule has 0 aliphatic heterocycles. The maximum absolute atomic E-state index is 12.2. The molecule has 102 valence electrons. The molecule has 3 nitrogen and oxygen atoms in total. The maximum atomic E-state index is 12.2. The van der Waals surface area contributed by atoms with E-state index in [-0.39, 0.29) is 5.56 Å². The highest BCUT2D eigenvalue weighted by Gasteiger charge is 2.32. The molecule has 0 saturated carbocycles. The molecular weight excluding hydrogens is 291 g/mol. The summed E-state index contributed by atoms with van der Waals surface area (Å²) in [6.45, 7) is 0. The van der Waals surface area contributed by atoms with E-state index >= 15 is 0 Å². The number of ether oxygens (including phenoxy) is 1. The minimum Gasteiger partial charge on any atom is -0.405 e. The van der Waals surface area contributed by atoms with Crippen LogP contribution in [0, 0.1) is 11.3 Å². The summed E-state index contributed by atoms with van der Waals surface area (Å²) in [4.78, 5) is 12.0. The zero-order valence-corrected chi connectivity index (χ0v) is 10.6. The number of carbonyl (C=O) groups excluding carboxylic acids is 1. The second-order valence-corrected chi connectivity index (χ2v) is 4.78. The zero-order valence-electron chi connectivity index (χ0n) is 9.77. The number of hydrogen-bond donors (Lipinski definition) is 0. The van der Waals surface area contributed by atoms with Crippen molar-refractivity contribution in [2.45, 2.75) is 6.36 Å². The zero-order chi connectivity index (χ0) is 14.8. The first-order valence-corrected chi connectivity index (χ1v) is 6.10. The monoisotopic (exact) mass is 297 g/mol. The topological polar surface area (TPSA) is 50.1 Å². The summed E-state index contributed by atoms with van der Waals surface area (Å²) in [5.41, 5.74) is 0.347. The van der Waals surface area contributed by atoms with Crippen LogP contribution in [0.25, 0.3) is 10.4 Å². The van der Waals surface area contributed by atoms with Crippen LogP contribution in [0.5, 0.6) is 5.75 Å². The van der Waals surface area contributed by atoms with Crippen molar-refractivity contribution < 1.29 is 22.7 Å². The highest BCUT2D eigenvalue weighted by atomic mass is 32.1. The third-order valence-corrected chi connectivity index (χ3v) is 3.40. The highest BCUT2D eigenvalue weighted by Crippen LogP contribution is 2.32. The van der Waals surface area contributed by atoms with Gasteiger partial charge in [-0.05, 0) is 35.9 Å². The van der Waals surface area contributed by atoms with Gasteiger partial charge in [0.25, 0.3) is 0 Å². The number of hydrogen-bond acceptors (Lipinski definition) is 4. The number of carbonyl (C=O) groups is 1. The van der Waals surface area contributed by atoms with E-state index in [0.717, 1.165) is 6.07 Å². The molecule has 0 fully saturated rings. The summed E-state index contributed by atoms with van der Waals surface area (Å²) in [7, 11) is 0. The first-order valence-electron chi connectivity index (χ1n) is 5.28. The Balaban J connectivity index is 2.39. The van der Waals surface area contributed by atoms with E-state index in [4.69, 9.17) is 5.26 Å². The van der Waals surface area contributed by atoms with Crippen molar-refractivity contribution in [3.63, 3.8) is 0 Å².